The van der Waals surface area contributed by atoms with Crippen molar-refractivity contribution in [2.45, 2.75) is 6.92 Å². The fourth-order valence-electron chi connectivity index (χ4n) is 2.82. The first kappa shape index (κ1) is 25.3. The molecule has 180 valence electrons. The summed E-state index contributed by atoms with van der Waals surface area (Å²) < 4.78 is 10.9. The number of ether oxygens (including phenoxy) is 2. The average molecular weight is 495 g/mol. The molecule has 3 N–H and O–H groups in total. The largest absolute Gasteiger partial charge is 0.493 e. The van der Waals surface area contributed by atoms with Crippen LogP contribution < -0.4 is 25.5 Å². The highest BCUT2D eigenvalue weighted by Gasteiger charge is 2.14. The van der Waals surface area contributed by atoms with Crippen molar-refractivity contribution in [1.82, 2.24) is 5.43 Å². The predicted octanol–water partition coefficient (Wildman–Crippen LogP) is 3.76. The van der Waals surface area contributed by atoms with Crippen LogP contribution in [0.3, 0.4) is 0 Å². The van der Waals surface area contributed by atoms with Crippen molar-refractivity contribution >= 4 is 46.9 Å². The van der Waals surface area contributed by atoms with Gasteiger partial charge in [0.2, 0.25) is 0 Å². The summed E-state index contributed by atoms with van der Waals surface area (Å²) in [6.45, 7) is 1.75. The Kier molecular flexibility index (Phi) is 8.80. The number of rotatable bonds is 8. The SMILES string of the molecule is COc1cc(/C=N\NC(=O)C(=O)Nc2ccccc2Cl)ccc1OCC(=O)Nc1ccc(C)cc1. The van der Waals surface area contributed by atoms with Gasteiger partial charge in [-0.05, 0) is 55.0 Å². The molecule has 0 aliphatic carbocycles. The van der Waals surface area contributed by atoms with E-state index < -0.39 is 11.8 Å². The Balaban J connectivity index is 1.52. The van der Waals surface area contributed by atoms with Gasteiger partial charge in [0.05, 0.1) is 24.0 Å². The molecule has 0 spiro atoms. The van der Waals surface area contributed by atoms with Crippen molar-refractivity contribution in [1.29, 1.82) is 0 Å². The van der Waals surface area contributed by atoms with E-state index in [0.29, 0.717) is 33.5 Å². The van der Waals surface area contributed by atoms with E-state index in [1.807, 2.05) is 19.1 Å². The minimum absolute atomic E-state index is 0.214. The van der Waals surface area contributed by atoms with Crippen LogP contribution in [0.15, 0.2) is 71.8 Å². The second-order valence-electron chi connectivity index (χ2n) is 7.25. The van der Waals surface area contributed by atoms with Crippen LogP contribution in [0.4, 0.5) is 11.4 Å². The Bertz CT molecular complexity index is 1240. The highest BCUT2D eigenvalue weighted by atomic mass is 35.5. The average Bonchev–Trinajstić information content (AvgIpc) is 2.85. The van der Waals surface area contributed by atoms with Gasteiger partial charge in [0.25, 0.3) is 5.91 Å². The number of carbonyl (C=O) groups is 3. The number of benzene rings is 3. The number of nitrogens with zero attached hydrogens (tertiary/aromatic N) is 1. The molecule has 0 saturated carbocycles. The maximum absolute atomic E-state index is 12.2. The number of hydrogen-bond acceptors (Lipinski definition) is 6. The fraction of sp³-hybridized carbons (Fsp3) is 0.120. The minimum atomic E-state index is -0.965. The first-order valence-electron chi connectivity index (χ1n) is 10.4. The molecule has 10 heteroatoms. The van der Waals surface area contributed by atoms with Gasteiger partial charge >= 0.3 is 11.8 Å². The maximum Gasteiger partial charge on any atom is 0.329 e. The van der Waals surface area contributed by atoms with E-state index in [0.717, 1.165) is 5.56 Å². The van der Waals surface area contributed by atoms with E-state index in [9.17, 15) is 14.4 Å². The molecule has 0 aromatic heterocycles. The van der Waals surface area contributed by atoms with Gasteiger partial charge in [-0.15, -0.1) is 0 Å². The summed E-state index contributed by atoms with van der Waals surface area (Å²) in [6.07, 6.45) is 1.33. The van der Waals surface area contributed by atoms with Gasteiger partial charge in [0, 0.05) is 5.69 Å². The second kappa shape index (κ2) is 12.2. The number of methoxy groups -OCH3 is 1. The molecule has 3 aromatic carbocycles. The van der Waals surface area contributed by atoms with Crippen molar-refractivity contribution < 1.29 is 23.9 Å². The third kappa shape index (κ3) is 7.58. The molecule has 0 heterocycles. The molecule has 0 radical (unpaired) electrons. The molecule has 3 amide bonds. The standard InChI is InChI=1S/C25H23ClN4O5/c1-16-7-10-18(11-8-16)28-23(31)15-35-21-12-9-17(13-22(21)34-2)14-27-30-25(33)24(32)29-20-6-4-3-5-19(20)26/h3-14H,15H2,1-2H3,(H,28,31)(H,29,32)(H,30,33)/b27-14-. The van der Waals surface area contributed by atoms with E-state index in [1.165, 1.54) is 13.3 Å². The van der Waals surface area contributed by atoms with Crippen LogP contribution in [-0.2, 0) is 14.4 Å². The summed E-state index contributed by atoms with van der Waals surface area (Å²) in [7, 11) is 1.45. The van der Waals surface area contributed by atoms with Crippen molar-refractivity contribution in [2.75, 3.05) is 24.4 Å². The molecule has 0 saturated heterocycles. The first-order valence-corrected chi connectivity index (χ1v) is 10.8. The number of amides is 3. The van der Waals surface area contributed by atoms with E-state index in [4.69, 9.17) is 21.1 Å². The zero-order valence-electron chi connectivity index (χ0n) is 19.0. The lowest BCUT2D eigenvalue weighted by Crippen LogP contribution is -2.32. The van der Waals surface area contributed by atoms with Crippen molar-refractivity contribution in [3.05, 3.63) is 82.9 Å². The second-order valence-corrected chi connectivity index (χ2v) is 7.65. The lowest BCUT2D eigenvalue weighted by molar-refractivity contribution is -0.136. The van der Waals surface area contributed by atoms with E-state index in [2.05, 4.69) is 21.2 Å². The molecule has 0 unspecified atom stereocenters. The molecule has 9 nitrogen and oxygen atoms in total. The molecule has 0 fully saturated rings. The van der Waals surface area contributed by atoms with Crippen LogP contribution in [0, 0.1) is 6.92 Å². The smallest absolute Gasteiger partial charge is 0.329 e. The van der Waals surface area contributed by atoms with E-state index >= 15 is 0 Å². The Morgan fingerprint density at radius 1 is 0.943 bits per heavy atom. The van der Waals surface area contributed by atoms with Gasteiger partial charge in [0.1, 0.15) is 0 Å². The van der Waals surface area contributed by atoms with E-state index in [-0.39, 0.29) is 12.5 Å². The lowest BCUT2D eigenvalue weighted by Gasteiger charge is -2.11. The van der Waals surface area contributed by atoms with Crippen molar-refractivity contribution in [3.63, 3.8) is 0 Å². The number of carbonyl (C=O) groups excluding carboxylic acids is 3. The summed E-state index contributed by atoms with van der Waals surface area (Å²) in [5.41, 5.74) is 4.77. The molecule has 35 heavy (non-hydrogen) atoms. The first-order chi connectivity index (χ1) is 16.9. The summed E-state index contributed by atoms with van der Waals surface area (Å²) in [6, 6.07) is 18.8. The highest BCUT2D eigenvalue weighted by Crippen LogP contribution is 2.27. The Labute approximate surface area is 207 Å². The molecule has 0 aliphatic rings. The van der Waals surface area contributed by atoms with Crippen molar-refractivity contribution in [3.8, 4) is 11.5 Å². The van der Waals surface area contributed by atoms with Crippen LogP contribution in [0.5, 0.6) is 11.5 Å². The molecular weight excluding hydrogens is 472 g/mol. The normalized spacial score (nSPS) is 10.5. The number of aryl methyl sites for hydroxylation is 1. The van der Waals surface area contributed by atoms with Crippen molar-refractivity contribution in [2.24, 2.45) is 5.10 Å². The minimum Gasteiger partial charge on any atom is -0.493 e. The number of nitrogens with one attached hydrogen (secondary N) is 3. The third-order valence-electron chi connectivity index (χ3n) is 4.59. The Morgan fingerprint density at radius 3 is 2.40 bits per heavy atom. The van der Waals surface area contributed by atoms with Crippen LogP contribution in [0.2, 0.25) is 5.02 Å². The topological polar surface area (TPSA) is 118 Å². The molecule has 0 aliphatic heterocycles. The van der Waals surface area contributed by atoms with Crippen LogP contribution in [-0.4, -0.2) is 37.7 Å². The van der Waals surface area contributed by atoms with Gasteiger partial charge in [-0.1, -0.05) is 41.4 Å². The summed E-state index contributed by atoms with van der Waals surface area (Å²) >= 11 is 5.96. The zero-order chi connectivity index (χ0) is 25.2. The molecular formula is C25H23ClN4O5. The van der Waals surface area contributed by atoms with Gasteiger partial charge in [-0.25, -0.2) is 5.43 Å². The summed E-state index contributed by atoms with van der Waals surface area (Å²) in [5, 5.41) is 9.23. The monoisotopic (exact) mass is 494 g/mol. The van der Waals surface area contributed by atoms with Crippen LogP contribution in [0.25, 0.3) is 0 Å². The Morgan fingerprint density at radius 2 is 1.69 bits per heavy atom. The van der Waals surface area contributed by atoms with Gasteiger partial charge in [0.15, 0.2) is 18.1 Å². The quantitative estimate of drug-likeness (QED) is 0.250. The number of anilines is 2. The summed E-state index contributed by atoms with van der Waals surface area (Å²) in [5.74, 6) is -1.49. The van der Waals surface area contributed by atoms with Gasteiger partial charge < -0.3 is 20.1 Å². The lowest BCUT2D eigenvalue weighted by atomic mass is 10.2. The van der Waals surface area contributed by atoms with Crippen LogP contribution in [0.1, 0.15) is 11.1 Å². The van der Waals surface area contributed by atoms with Gasteiger partial charge in [-0.2, -0.15) is 5.10 Å². The van der Waals surface area contributed by atoms with Crippen LogP contribution >= 0.6 is 11.6 Å². The Hall–Kier alpha value is -4.37. The predicted molar refractivity (Wildman–Crippen MR) is 134 cm³/mol. The van der Waals surface area contributed by atoms with E-state index in [1.54, 1.807) is 54.6 Å². The zero-order valence-corrected chi connectivity index (χ0v) is 19.8. The third-order valence-corrected chi connectivity index (χ3v) is 4.92. The molecule has 3 rings (SSSR count). The fourth-order valence-corrected chi connectivity index (χ4v) is 3.00. The van der Waals surface area contributed by atoms with Gasteiger partial charge in [-0.3, -0.25) is 14.4 Å². The summed E-state index contributed by atoms with van der Waals surface area (Å²) in [4.78, 5) is 36.1. The maximum atomic E-state index is 12.2. The molecule has 3 aromatic rings. The number of halogens is 1. The molecule has 0 bridgehead atoms. The number of para-hydroxylation sites is 1. The number of hydrazone groups is 1. The highest BCUT2D eigenvalue weighted by molar-refractivity contribution is 6.41. The molecule has 0 atom stereocenters. The number of hydrogen-bond donors (Lipinski definition) is 3.